The lowest BCUT2D eigenvalue weighted by molar-refractivity contribution is -0.0597. The van der Waals surface area contributed by atoms with Gasteiger partial charge >= 0.3 is 6.16 Å². The number of aryl methyl sites for hydroxylation is 1. The van der Waals surface area contributed by atoms with Gasteiger partial charge in [0.25, 0.3) is 0 Å². The summed E-state index contributed by atoms with van der Waals surface area (Å²) < 4.78 is 11.3. The highest BCUT2D eigenvalue weighted by molar-refractivity contribution is 5.64. The zero-order valence-electron chi connectivity index (χ0n) is 24.9. The van der Waals surface area contributed by atoms with E-state index in [0.29, 0.717) is 11.2 Å². The second-order valence-electron chi connectivity index (χ2n) is 14.4. The van der Waals surface area contributed by atoms with E-state index in [4.69, 9.17) is 9.47 Å². The third-order valence-corrected chi connectivity index (χ3v) is 11.7. The number of benzene rings is 1. The van der Waals surface area contributed by atoms with E-state index in [0.717, 1.165) is 60.3 Å². The zero-order chi connectivity index (χ0) is 27.1. The minimum Gasteiger partial charge on any atom is -0.430 e. The Morgan fingerprint density at radius 2 is 1.74 bits per heavy atom. The van der Waals surface area contributed by atoms with Gasteiger partial charge in [0.15, 0.2) is 0 Å². The maximum Gasteiger partial charge on any atom is 0.514 e. The Labute approximate surface area is 232 Å². The first-order valence-electron chi connectivity index (χ1n) is 15.7. The Bertz CT molecular complexity index is 1010. The first-order chi connectivity index (χ1) is 18.1. The molecule has 0 aromatic heterocycles. The zero-order valence-corrected chi connectivity index (χ0v) is 24.9. The molecule has 0 amide bonds. The van der Waals surface area contributed by atoms with E-state index in [2.05, 4.69) is 40.7 Å². The van der Waals surface area contributed by atoms with E-state index < -0.39 is 6.16 Å². The molecular formula is C35H52O3. The normalized spacial score (nSPS) is 37.0. The number of rotatable bonds is 7. The van der Waals surface area contributed by atoms with Crippen LogP contribution in [0, 0.1) is 53.3 Å². The standard InChI is InChI=1S/C35H52O3/c1-23(2)8-7-9-25(4)30-16-17-31-29-15-12-26-22-28(38-33(36)37-27-13-10-24(3)11-14-27)18-20-34(26,5)32(29)19-21-35(30,31)6/h10-14,23,25,28-32H,7-9,15-22H2,1-6H3/t25-,28+,29+,30-,31-,32+,34+,35-/m1/s1. The van der Waals surface area contributed by atoms with E-state index >= 15 is 0 Å². The van der Waals surface area contributed by atoms with E-state index in [1.54, 1.807) is 5.57 Å². The predicted octanol–water partition coefficient (Wildman–Crippen LogP) is 9.92. The third kappa shape index (κ3) is 5.33. The molecule has 3 heteroatoms. The van der Waals surface area contributed by atoms with Gasteiger partial charge in [-0.2, -0.15) is 0 Å². The fourth-order valence-electron chi connectivity index (χ4n) is 9.62. The van der Waals surface area contributed by atoms with Crippen LogP contribution >= 0.6 is 0 Å². The second-order valence-corrected chi connectivity index (χ2v) is 14.4. The second kappa shape index (κ2) is 11.0. The summed E-state index contributed by atoms with van der Waals surface area (Å²) in [6.45, 7) is 14.5. The van der Waals surface area contributed by atoms with E-state index in [9.17, 15) is 4.79 Å². The van der Waals surface area contributed by atoms with Crippen LogP contribution in [0.5, 0.6) is 5.75 Å². The molecule has 0 radical (unpaired) electrons. The molecule has 4 aliphatic rings. The number of ether oxygens (including phenoxy) is 2. The molecule has 5 rings (SSSR count). The molecule has 1 aromatic rings. The van der Waals surface area contributed by atoms with Gasteiger partial charge in [-0.05, 0) is 110 Å². The molecule has 0 bridgehead atoms. The molecule has 210 valence electrons. The monoisotopic (exact) mass is 520 g/mol. The molecule has 3 nitrogen and oxygen atoms in total. The molecule has 0 unspecified atom stereocenters. The maximum atomic E-state index is 12.5. The molecule has 0 N–H and O–H groups in total. The summed E-state index contributed by atoms with van der Waals surface area (Å²) in [5, 5.41) is 0. The van der Waals surface area contributed by atoms with Gasteiger partial charge in [-0.25, -0.2) is 4.79 Å². The predicted molar refractivity (Wildman–Crippen MR) is 155 cm³/mol. The highest BCUT2D eigenvalue weighted by Gasteiger charge is 2.59. The fourth-order valence-corrected chi connectivity index (χ4v) is 9.62. The fraction of sp³-hybridized carbons (Fsp3) is 0.743. The molecule has 4 aliphatic carbocycles. The summed E-state index contributed by atoms with van der Waals surface area (Å²) in [5.41, 5.74) is 3.50. The van der Waals surface area contributed by atoms with Crippen molar-refractivity contribution in [3.05, 3.63) is 41.5 Å². The van der Waals surface area contributed by atoms with Crippen LogP contribution in [0.4, 0.5) is 4.79 Å². The van der Waals surface area contributed by atoms with Gasteiger partial charge < -0.3 is 9.47 Å². The van der Waals surface area contributed by atoms with Crippen LogP contribution in [-0.4, -0.2) is 12.3 Å². The lowest BCUT2D eigenvalue weighted by Crippen LogP contribution is -2.51. The number of fused-ring (bicyclic) bond motifs is 5. The first kappa shape index (κ1) is 27.8. The number of hydrogen-bond acceptors (Lipinski definition) is 3. The molecule has 0 saturated heterocycles. The Hall–Kier alpha value is -1.77. The largest absolute Gasteiger partial charge is 0.514 e. The van der Waals surface area contributed by atoms with Crippen molar-refractivity contribution in [3.8, 4) is 5.75 Å². The Kier molecular flexibility index (Phi) is 8.05. The topological polar surface area (TPSA) is 35.5 Å². The summed E-state index contributed by atoms with van der Waals surface area (Å²) in [6, 6.07) is 7.56. The lowest BCUT2D eigenvalue weighted by atomic mass is 9.47. The van der Waals surface area contributed by atoms with E-state index in [1.165, 1.54) is 51.4 Å². The van der Waals surface area contributed by atoms with Crippen LogP contribution in [0.1, 0.15) is 111 Å². The lowest BCUT2D eigenvalue weighted by Gasteiger charge is -2.58. The van der Waals surface area contributed by atoms with Crippen molar-refractivity contribution < 1.29 is 14.3 Å². The number of allylic oxidation sites excluding steroid dienone is 1. The molecule has 8 atom stereocenters. The summed E-state index contributed by atoms with van der Waals surface area (Å²) in [6.07, 6.45) is 16.0. The molecular weight excluding hydrogens is 468 g/mol. The van der Waals surface area contributed by atoms with Gasteiger partial charge in [0.1, 0.15) is 11.9 Å². The maximum absolute atomic E-state index is 12.5. The molecule has 0 heterocycles. The molecule has 3 saturated carbocycles. The smallest absolute Gasteiger partial charge is 0.430 e. The minimum absolute atomic E-state index is 0.0692. The molecule has 0 spiro atoms. The van der Waals surface area contributed by atoms with Gasteiger partial charge in [-0.1, -0.05) is 83.2 Å². The van der Waals surface area contributed by atoms with Crippen molar-refractivity contribution >= 4 is 6.16 Å². The third-order valence-electron chi connectivity index (χ3n) is 11.7. The van der Waals surface area contributed by atoms with Crippen LogP contribution in [0.15, 0.2) is 35.9 Å². The number of carbonyl (C=O) groups excluding carboxylic acids is 1. The molecule has 1 aromatic carbocycles. The van der Waals surface area contributed by atoms with Gasteiger partial charge in [0.2, 0.25) is 0 Å². The summed E-state index contributed by atoms with van der Waals surface area (Å²) in [7, 11) is 0. The van der Waals surface area contributed by atoms with Gasteiger partial charge in [-0.15, -0.1) is 0 Å². The van der Waals surface area contributed by atoms with Crippen LogP contribution in [0.25, 0.3) is 0 Å². The van der Waals surface area contributed by atoms with Crippen LogP contribution < -0.4 is 4.74 Å². The number of hydrogen-bond donors (Lipinski definition) is 0. The van der Waals surface area contributed by atoms with Crippen molar-refractivity contribution in [3.63, 3.8) is 0 Å². The van der Waals surface area contributed by atoms with Gasteiger partial charge in [0.05, 0.1) is 0 Å². The molecule has 0 aliphatic heterocycles. The van der Waals surface area contributed by atoms with Crippen LogP contribution in [0.2, 0.25) is 0 Å². The molecule has 3 fully saturated rings. The summed E-state index contributed by atoms with van der Waals surface area (Å²) >= 11 is 0. The first-order valence-corrected chi connectivity index (χ1v) is 15.7. The Morgan fingerprint density at radius 3 is 2.47 bits per heavy atom. The highest BCUT2D eigenvalue weighted by atomic mass is 16.7. The molecule has 38 heavy (non-hydrogen) atoms. The van der Waals surface area contributed by atoms with Crippen molar-refractivity contribution in [1.29, 1.82) is 0 Å². The van der Waals surface area contributed by atoms with Crippen molar-refractivity contribution in [2.75, 3.05) is 0 Å². The average molecular weight is 521 g/mol. The Morgan fingerprint density at radius 1 is 0.974 bits per heavy atom. The van der Waals surface area contributed by atoms with Crippen LogP contribution in [-0.2, 0) is 4.74 Å². The van der Waals surface area contributed by atoms with Crippen LogP contribution in [0.3, 0.4) is 0 Å². The quantitative estimate of drug-likeness (QED) is 0.204. The van der Waals surface area contributed by atoms with Crippen molar-refractivity contribution in [1.82, 2.24) is 0 Å². The Balaban J connectivity index is 1.21. The van der Waals surface area contributed by atoms with Gasteiger partial charge in [0, 0.05) is 6.42 Å². The SMILES string of the molecule is Cc1ccc(OC(=O)O[C@H]2CC[C@@]3(C)C(=CC[C@H]4[C@H]5CC[C@H]([C@H](C)CCCC(C)C)[C@@]5(C)CC[C@@H]43)C2)cc1. The highest BCUT2D eigenvalue weighted by Crippen LogP contribution is 2.67. The number of carbonyl (C=O) groups is 1. The minimum atomic E-state index is -0.565. The van der Waals surface area contributed by atoms with Crippen molar-refractivity contribution in [2.24, 2.45) is 46.3 Å². The van der Waals surface area contributed by atoms with E-state index in [-0.39, 0.29) is 11.5 Å². The van der Waals surface area contributed by atoms with E-state index in [1.807, 2.05) is 31.2 Å². The van der Waals surface area contributed by atoms with Crippen molar-refractivity contribution in [2.45, 2.75) is 118 Å². The van der Waals surface area contributed by atoms with Gasteiger partial charge in [-0.3, -0.25) is 0 Å². The summed E-state index contributed by atoms with van der Waals surface area (Å²) in [4.78, 5) is 12.5. The summed E-state index contributed by atoms with van der Waals surface area (Å²) in [5.74, 6) is 5.64. The average Bonchev–Trinajstić information content (AvgIpc) is 3.23.